The standard InChI is InChI=1S/C33H37NO4/c1-33(2)16-5-17-34(33)18-19-38-28-12-8-25(22-35)31(21-28)32-29(23-6-10-26(36-3)11-7-23)14-9-24-20-27(37-4)13-15-30(24)32/h6-8,10-13,15,20-22H,5,9,14,16-19H2,1-4H3. The fourth-order valence-corrected chi connectivity index (χ4v) is 5.88. The number of rotatable bonds is 9. The lowest BCUT2D eigenvalue weighted by Crippen LogP contribution is -2.40. The second-order valence-corrected chi connectivity index (χ2v) is 10.7. The molecule has 1 fully saturated rings. The molecule has 1 aliphatic heterocycles. The topological polar surface area (TPSA) is 48.0 Å². The molecule has 3 aromatic carbocycles. The van der Waals surface area contributed by atoms with Crippen LogP contribution in [0.1, 0.15) is 65.7 Å². The number of benzene rings is 3. The highest BCUT2D eigenvalue weighted by Crippen LogP contribution is 2.43. The Balaban J connectivity index is 1.55. The third kappa shape index (κ3) is 5.21. The third-order valence-electron chi connectivity index (χ3n) is 8.09. The van der Waals surface area contributed by atoms with Gasteiger partial charge in [0.1, 0.15) is 23.9 Å². The maximum absolute atomic E-state index is 12.3. The van der Waals surface area contributed by atoms with E-state index in [4.69, 9.17) is 14.2 Å². The number of hydrogen-bond donors (Lipinski definition) is 0. The van der Waals surface area contributed by atoms with Crippen molar-refractivity contribution in [2.45, 2.75) is 45.1 Å². The van der Waals surface area contributed by atoms with Crippen LogP contribution in [-0.2, 0) is 6.42 Å². The van der Waals surface area contributed by atoms with Crippen molar-refractivity contribution in [1.29, 1.82) is 0 Å². The van der Waals surface area contributed by atoms with E-state index < -0.39 is 0 Å². The van der Waals surface area contributed by atoms with Crippen molar-refractivity contribution in [3.05, 3.63) is 88.5 Å². The number of hydrogen-bond acceptors (Lipinski definition) is 5. The van der Waals surface area contributed by atoms with Gasteiger partial charge in [-0.1, -0.05) is 18.2 Å². The van der Waals surface area contributed by atoms with Crippen LogP contribution in [0.4, 0.5) is 0 Å². The van der Waals surface area contributed by atoms with Crippen molar-refractivity contribution in [2.75, 3.05) is 33.9 Å². The normalized spacial score (nSPS) is 16.7. The lowest BCUT2D eigenvalue weighted by Gasteiger charge is -2.31. The number of nitrogens with zero attached hydrogens (tertiary/aromatic N) is 1. The molecule has 1 heterocycles. The molecular formula is C33H37NO4. The monoisotopic (exact) mass is 511 g/mol. The molecule has 38 heavy (non-hydrogen) atoms. The Morgan fingerprint density at radius 3 is 2.29 bits per heavy atom. The number of methoxy groups -OCH3 is 2. The smallest absolute Gasteiger partial charge is 0.150 e. The summed E-state index contributed by atoms with van der Waals surface area (Å²) in [5, 5.41) is 0. The van der Waals surface area contributed by atoms with Crippen LogP contribution >= 0.6 is 0 Å². The first kappa shape index (κ1) is 26.1. The van der Waals surface area contributed by atoms with Gasteiger partial charge >= 0.3 is 0 Å². The lowest BCUT2D eigenvalue weighted by atomic mass is 9.78. The van der Waals surface area contributed by atoms with E-state index in [1.54, 1.807) is 14.2 Å². The zero-order valence-electron chi connectivity index (χ0n) is 22.9. The largest absolute Gasteiger partial charge is 0.497 e. The van der Waals surface area contributed by atoms with Gasteiger partial charge in [0.25, 0.3) is 0 Å². The summed E-state index contributed by atoms with van der Waals surface area (Å²) in [7, 11) is 3.37. The first-order chi connectivity index (χ1) is 18.4. The first-order valence-electron chi connectivity index (χ1n) is 13.5. The zero-order valence-corrected chi connectivity index (χ0v) is 22.9. The number of allylic oxidation sites excluding steroid dienone is 1. The molecule has 0 spiro atoms. The molecule has 0 saturated carbocycles. The van der Waals surface area contributed by atoms with E-state index in [0.29, 0.717) is 12.2 Å². The summed E-state index contributed by atoms with van der Waals surface area (Å²) in [6.07, 6.45) is 5.16. The number of carbonyl (C=O) groups is 1. The van der Waals surface area contributed by atoms with Crippen molar-refractivity contribution in [1.82, 2.24) is 4.90 Å². The van der Waals surface area contributed by atoms with Gasteiger partial charge in [-0.15, -0.1) is 0 Å². The summed E-state index contributed by atoms with van der Waals surface area (Å²) >= 11 is 0. The highest BCUT2D eigenvalue weighted by molar-refractivity contribution is 6.04. The first-order valence-corrected chi connectivity index (χ1v) is 13.5. The molecule has 0 bridgehead atoms. The van der Waals surface area contributed by atoms with Crippen LogP contribution < -0.4 is 14.2 Å². The van der Waals surface area contributed by atoms with Crippen molar-refractivity contribution in [2.24, 2.45) is 0 Å². The molecule has 2 aliphatic rings. The molecular weight excluding hydrogens is 474 g/mol. The van der Waals surface area contributed by atoms with Crippen LogP contribution in [0.25, 0.3) is 11.1 Å². The molecule has 3 aromatic rings. The van der Waals surface area contributed by atoms with Gasteiger partial charge in [0.2, 0.25) is 0 Å². The molecule has 0 N–H and O–H groups in total. The number of fused-ring (bicyclic) bond motifs is 1. The predicted octanol–water partition coefficient (Wildman–Crippen LogP) is 6.67. The van der Waals surface area contributed by atoms with Gasteiger partial charge in [0, 0.05) is 17.6 Å². The molecule has 1 saturated heterocycles. The number of carbonyl (C=O) groups excluding carboxylic acids is 1. The quantitative estimate of drug-likeness (QED) is 0.300. The number of likely N-dealkylation sites (tertiary alicyclic amines) is 1. The molecule has 0 aromatic heterocycles. The van der Waals surface area contributed by atoms with E-state index in [1.165, 1.54) is 24.0 Å². The summed E-state index contributed by atoms with van der Waals surface area (Å²) in [6.45, 7) is 7.23. The van der Waals surface area contributed by atoms with Gasteiger partial charge in [-0.3, -0.25) is 9.69 Å². The van der Waals surface area contributed by atoms with Gasteiger partial charge in [0.15, 0.2) is 6.29 Å². The van der Waals surface area contributed by atoms with E-state index in [1.807, 2.05) is 36.4 Å². The Kier molecular flexibility index (Phi) is 7.57. The van der Waals surface area contributed by atoms with Crippen LogP contribution in [-0.4, -0.2) is 50.6 Å². The summed E-state index contributed by atoms with van der Waals surface area (Å²) in [5.41, 5.74) is 7.54. The van der Waals surface area contributed by atoms with Gasteiger partial charge in [-0.05, 0) is 122 Å². The summed E-state index contributed by atoms with van der Waals surface area (Å²) < 4.78 is 17.2. The molecule has 0 atom stereocenters. The highest BCUT2D eigenvalue weighted by Gasteiger charge is 2.31. The molecule has 0 unspecified atom stereocenters. The molecule has 5 heteroatoms. The molecule has 198 valence electrons. The van der Waals surface area contributed by atoms with Gasteiger partial charge in [-0.25, -0.2) is 0 Å². The van der Waals surface area contributed by atoms with Crippen LogP contribution in [0.5, 0.6) is 17.2 Å². The minimum absolute atomic E-state index is 0.223. The van der Waals surface area contributed by atoms with Crippen LogP contribution in [0.15, 0.2) is 60.7 Å². The zero-order chi connectivity index (χ0) is 26.7. The minimum Gasteiger partial charge on any atom is -0.497 e. The molecule has 1 aliphatic carbocycles. The van der Waals surface area contributed by atoms with E-state index >= 15 is 0 Å². The maximum atomic E-state index is 12.3. The Morgan fingerprint density at radius 2 is 1.61 bits per heavy atom. The summed E-state index contributed by atoms with van der Waals surface area (Å²) in [4.78, 5) is 14.8. The van der Waals surface area contributed by atoms with Crippen LogP contribution in [0.3, 0.4) is 0 Å². The van der Waals surface area contributed by atoms with Crippen LogP contribution in [0, 0.1) is 0 Å². The summed E-state index contributed by atoms with van der Waals surface area (Å²) in [5.74, 6) is 2.44. The molecule has 5 rings (SSSR count). The van der Waals surface area contributed by atoms with Gasteiger partial charge in [0.05, 0.1) is 14.2 Å². The Labute approximate surface area is 226 Å². The molecule has 0 radical (unpaired) electrons. The van der Waals surface area contributed by atoms with E-state index in [9.17, 15) is 4.79 Å². The number of aldehydes is 1. The third-order valence-corrected chi connectivity index (χ3v) is 8.09. The van der Waals surface area contributed by atoms with Gasteiger partial charge < -0.3 is 14.2 Å². The fourth-order valence-electron chi connectivity index (χ4n) is 5.88. The number of ether oxygens (including phenoxy) is 3. The summed E-state index contributed by atoms with van der Waals surface area (Å²) in [6, 6.07) is 20.2. The Hall–Kier alpha value is -3.57. The molecule has 5 nitrogen and oxygen atoms in total. The number of aryl methyl sites for hydroxylation is 1. The van der Waals surface area contributed by atoms with Crippen molar-refractivity contribution < 1.29 is 19.0 Å². The average Bonchev–Trinajstić information content (AvgIpc) is 3.29. The minimum atomic E-state index is 0.223. The Morgan fingerprint density at radius 1 is 0.868 bits per heavy atom. The molecule has 0 amide bonds. The van der Waals surface area contributed by atoms with Gasteiger partial charge in [-0.2, -0.15) is 0 Å². The van der Waals surface area contributed by atoms with E-state index in [0.717, 1.165) is 71.7 Å². The lowest BCUT2D eigenvalue weighted by molar-refractivity contribution is 0.112. The van der Waals surface area contributed by atoms with Crippen LogP contribution in [0.2, 0.25) is 0 Å². The van der Waals surface area contributed by atoms with E-state index in [-0.39, 0.29) is 5.54 Å². The average molecular weight is 512 g/mol. The van der Waals surface area contributed by atoms with Crippen molar-refractivity contribution in [3.63, 3.8) is 0 Å². The van der Waals surface area contributed by atoms with E-state index in [2.05, 4.69) is 43.0 Å². The maximum Gasteiger partial charge on any atom is 0.150 e. The highest BCUT2D eigenvalue weighted by atomic mass is 16.5. The second-order valence-electron chi connectivity index (χ2n) is 10.7. The van der Waals surface area contributed by atoms with Crippen molar-refractivity contribution >= 4 is 17.4 Å². The van der Waals surface area contributed by atoms with Crippen molar-refractivity contribution in [3.8, 4) is 17.2 Å². The SMILES string of the molecule is COc1ccc(C2=C(c3cc(OCCN4CCCC4(C)C)ccc3C=O)c3ccc(OC)cc3CC2)cc1. The second kappa shape index (κ2) is 11.0. The fraction of sp³-hybridized carbons (Fsp3) is 0.364. The Bertz CT molecular complexity index is 1340. The predicted molar refractivity (Wildman–Crippen MR) is 152 cm³/mol.